The van der Waals surface area contributed by atoms with Gasteiger partial charge in [-0.05, 0) is 30.3 Å². The lowest BCUT2D eigenvalue weighted by Gasteiger charge is -2.08. The highest BCUT2D eigenvalue weighted by Gasteiger charge is 2.10. The van der Waals surface area contributed by atoms with E-state index in [9.17, 15) is 9.59 Å². The molecule has 0 amide bonds. The molecule has 108 valence electrons. The van der Waals surface area contributed by atoms with E-state index in [1.165, 1.54) is 13.2 Å². The van der Waals surface area contributed by atoms with E-state index in [-0.39, 0.29) is 17.4 Å². The molecule has 0 bridgehead atoms. The maximum absolute atomic E-state index is 12.0. The number of ketones is 1. The van der Waals surface area contributed by atoms with Crippen LogP contribution in [-0.4, -0.2) is 25.8 Å². The molecule has 21 heavy (non-hydrogen) atoms. The van der Waals surface area contributed by atoms with Gasteiger partial charge in [-0.2, -0.15) is 0 Å². The molecule has 0 aromatic heterocycles. The van der Waals surface area contributed by atoms with Crippen molar-refractivity contribution >= 4 is 23.7 Å². The summed E-state index contributed by atoms with van der Waals surface area (Å²) in [6.07, 6.45) is 0.692. The minimum Gasteiger partial charge on any atom is -0.497 e. The van der Waals surface area contributed by atoms with Gasteiger partial charge in [0.1, 0.15) is 17.8 Å². The van der Waals surface area contributed by atoms with Crippen LogP contribution >= 0.6 is 11.6 Å². The summed E-state index contributed by atoms with van der Waals surface area (Å²) in [7, 11) is 1.54. The van der Waals surface area contributed by atoms with Crippen LogP contribution < -0.4 is 9.47 Å². The first kappa shape index (κ1) is 15.1. The number of hydrogen-bond donors (Lipinski definition) is 0. The third-order valence-corrected chi connectivity index (χ3v) is 3.14. The number of ether oxygens (including phenoxy) is 2. The van der Waals surface area contributed by atoms with Crippen LogP contribution in [0.2, 0.25) is 5.02 Å². The van der Waals surface area contributed by atoms with Gasteiger partial charge in [-0.15, -0.1) is 0 Å². The first-order valence-corrected chi connectivity index (χ1v) is 6.56. The standard InChI is InChI=1S/C16H13ClO4/c1-20-13-4-2-3-12(8-13)15(19)10-21-16-6-5-11(9-18)7-14(16)17/h2-9H,10H2,1H3. The Hall–Kier alpha value is -2.33. The zero-order valence-corrected chi connectivity index (χ0v) is 12.1. The van der Waals surface area contributed by atoms with Gasteiger partial charge < -0.3 is 9.47 Å². The van der Waals surface area contributed by atoms with Crippen molar-refractivity contribution in [3.05, 3.63) is 58.6 Å². The summed E-state index contributed by atoms with van der Waals surface area (Å²) >= 11 is 5.97. The molecule has 0 aliphatic carbocycles. The minimum atomic E-state index is -0.190. The normalized spacial score (nSPS) is 10.0. The molecule has 0 spiro atoms. The Labute approximate surface area is 127 Å². The number of Topliss-reactive ketones (excluding diaryl/α,β-unsaturated/α-hetero) is 1. The number of carbonyl (C=O) groups excluding carboxylic acids is 2. The quantitative estimate of drug-likeness (QED) is 0.606. The lowest BCUT2D eigenvalue weighted by Crippen LogP contribution is -2.11. The van der Waals surface area contributed by atoms with Crippen molar-refractivity contribution in [2.75, 3.05) is 13.7 Å². The molecular formula is C16H13ClO4. The molecule has 0 heterocycles. The summed E-state index contributed by atoms with van der Waals surface area (Å²) in [4.78, 5) is 22.7. The fourth-order valence-corrected chi connectivity index (χ4v) is 1.97. The zero-order valence-electron chi connectivity index (χ0n) is 11.3. The molecule has 5 heteroatoms. The molecule has 0 saturated heterocycles. The number of carbonyl (C=O) groups is 2. The lowest BCUT2D eigenvalue weighted by atomic mass is 10.1. The fraction of sp³-hybridized carbons (Fsp3) is 0.125. The van der Waals surface area contributed by atoms with Crippen LogP contribution in [0.15, 0.2) is 42.5 Å². The van der Waals surface area contributed by atoms with Gasteiger partial charge in [0, 0.05) is 11.1 Å². The Bertz CT molecular complexity index is 667. The van der Waals surface area contributed by atoms with Crippen LogP contribution in [0.4, 0.5) is 0 Å². The van der Waals surface area contributed by atoms with Crippen LogP contribution in [0.5, 0.6) is 11.5 Å². The maximum Gasteiger partial charge on any atom is 0.200 e. The Morgan fingerprint density at radius 2 is 2.05 bits per heavy atom. The summed E-state index contributed by atoms with van der Waals surface area (Å²) in [6, 6.07) is 11.4. The molecule has 0 aliphatic heterocycles. The second-order valence-electron chi connectivity index (χ2n) is 4.25. The second kappa shape index (κ2) is 6.90. The summed E-state index contributed by atoms with van der Waals surface area (Å²) < 4.78 is 10.5. The number of methoxy groups -OCH3 is 1. The highest BCUT2D eigenvalue weighted by Crippen LogP contribution is 2.25. The Morgan fingerprint density at radius 1 is 1.24 bits per heavy atom. The number of hydrogen-bond acceptors (Lipinski definition) is 4. The summed E-state index contributed by atoms with van der Waals surface area (Å²) in [6.45, 7) is -0.146. The summed E-state index contributed by atoms with van der Waals surface area (Å²) in [5, 5.41) is 0.290. The van der Waals surface area contributed by atoms with Gasteiger partial charge in [-0.3, -0.25) is 9.59 Å². The smallest absolute Gasteiger partial charge is 0.200 e. The number of halogens is 1. The largest absolute Gasteiger partial charge is 0.497 e. The van der Waals surface area contributed by atoms with Crippen LogP contribution in [-0.2, 0) is 0 Å². The molecule has 0 aliphatic rings. The summed E-state index contributed by atoms with van der Waals surface area (Å²) in [5.41, 5.74) is 0.946. The van der Waals surface area contributed by atoms with E-state index in [4.69, 9.17) is 21.1 Å². The van der Waals surface area contributed by atoms with Gasteiger partial charge >= 0.3 is 0 Å². The predicted octanol–water partition coefficient (Wildman–Crippen LogP) is 3.42. The molecule has 2 rings (SSSR count). The van der Waals surface area contributed by atoms with Crippen LogP contribution in [0.3, 0.4) is 0 Å². The molecule has 0 saturated carbocycles. The Kier molecular flexibility index (Phi) is 4.95. The van der Waals surface area contributed by atoms with Gasteiger partial charge in [-0.25, -0.2) is 0 Å². The monoisotopic (exact) mass is 304 g/mol. The number of aldehydes is 1. The molecule has 4 nitrogen and oxygen atoms in total. The van der Waals surface area contributed by atoms with Crippen molar-refractivity contribution in [1.82, 2.24) is 0 Å². The molecular weight excluding hydrogens is 292 g/mol. The molecule has 0 atom stereocenters. The molecule has 0 N–H and O–H groups in total. The lowest BCUT2D eigenvalue weighted by molar-refractivity contribution is 0.0921. The van der Waals surface area contributed by atoms with Crippen LogP contribution in [0, 0.1) is 0 Å². The van der Waals surface area contributed by atoms with E-state index in [2.05, 4.69) is 0 Å². The highest BCUT2D eigenvalue weighted by molar-refractivity contribution is 6.32. The van der Waals surface area contributed by atoms with E-state index < -0.39 is 0 Å². The number of rotatable bonds is 6. The SMILES string of the molecule is COc1cccc(C(=O)COc2ccc(C=O)cc2Cl)c1. The van der Waals surface area contributed by atoms with E-state index in [1.54, 1.807) is 36.4 Å². The van der Waals surface area contributed by atoms with Gasteiger partial charge in [-0.1, -0.05) is 23.7 Å². The maximum atomic E-state index is 12.0. The minimum absolute atomic E-state index is 0.146. The van der Waals surface area contributed by atoms with E-state index in [0.29, 0.717) is 28.9 Å². The number of benzene rings is 2. The first-order chi connectivity index (χ1) is 10.1. The van der Waals surface area contributed by atoms with Crippen molar-refractivity contribution in [2.45, 2.75) is 0 Å². The molecule has 2 aromatic carbocycles. The molecule has 0 radical (unpaired) electrons. The van der Waals surface area contributed by atoms with Crippen molar-refractivity contribution in [2.24, 2.45) is 0 Å². The van der Waals surface area contributed by atoms with E-state index in [0.717, 1.165) is 0 Å². The molecule has 0 fully saturated rings. The van der Waals surface area contributed by atoms with Crippen LogP contribution in [0.25, 0.3) is 0 Å². The van der Waals surface area contributed by atoms with Gasteiger partial charge in [0.2, 0.25) is 0 Å². The predicted molar refractivity (Wildman–Crippen MR) is 79.7 cm³/mol. The van der Waals surface area contributed by atoms with E-state index >= 15 is 0 Å². The van der Waals surface area contributed by atoms with Crippen molar-refractivity contribution < 1.29 is 19.1 Å². The van der Waals surface area contributed by atoms with Crippen molar-refractivity contribution in [3.8, 4) is 11.5 Å². The highest BCUT2D eigenvalue weighted by atomic mass is 35.5. The first-order valence-electron chi connectivity index (χ1n) is 6.19. The second-order valence-corrected chi connectivity index (χ2v) is 4.66. The van der Waals surface area contributed by atoms with Gasteiger partial charge in [0.15, 0.2) is 12.4 Å². The third kappa shape index (κ3) is 3.83. The Morgan fingerprint density at radius 3 is 2.71 bits per heavy atom. The van der Waals surface area contributed by atoms with Gasteiger partial charge in [0.25, 0.3) is 0 Å². The molecule has 0 unspecified atom stereocenters. The molecule has 2 aromatic rings. The fourth-order valence-electron chi connectivity index (χ4n) is 1.73. The zero-order chi connectivity index (χ0) is 15.2. The summed E-state index contributed by atoms with van der Waals surface area (Å²) in [5.74, 6) is 0.775. The Balaban J connectivity index is 2.05. The third-order valence-electron chi connectivity index (χ3n) is 2.84. The van der Waals surface area contributed by atoms with Crippen molar-refractivity contribution in [3.63, 3.8) is 0 Å². The average molecular weight is 305 g/mol. The van der Waals surface area contributed by atoms with Crippen molar-refractivity contribution in [1.29, 1.82) is 0 Å². The van der Waals surface area contributed by atoms with Crippen LogP contribution in [0.1, 0.15) is 20.7 Å². The van der Waals surface area contributed by atoms with E-state index in [1.807, 2.05) is 0 Å². The average Bonchev–Trinajstić information content (AvgIpc) is 2.53. The van der Waals surface area contributed by atoms with Gasteiger partial charge in [0.05, 0.1) is 12.1 Å². The topological polar surface area (TPSA) is 52.6 Å².